The second kappa shape index (κ2) is 6.58. The number of fused-ring (bicyclic) bond motifs is 1. The summed E-state index contributed by atoms with van der Waals surface area (Å²) in [6, 6.07) is 9.35. The lowest BCUT2D eigenvalue weighted by Crippen LogP contribution is -2.39. The number of piperidine rings is 1. The molecule has 0 radical (unpaired) electrons. The summed E-state index contributed by atoms with van der Waals surface area (Å²) in [6.07, 6.45) is 10.6. The predicted molar refractivity (Wildman–Crippen MR) is 104 cm³/mol. The summed E-state index contributed by atoms with van der Waals surface area (Å²) < 4.78 is 6.22. The number of benzene rings is 1. The molecule has 26 heavy (non-hydrogen) atoms. The highest BCUT2D eigenvalue weighted by atomic mass is 16.5. The number of hydrogen-bond donors (Lipinski definition) is 1. The Hall–Kier alpha value is -2.07. The van der Waals surface area contributed by atoms with Gasteiger partial charge in [-0.15, -0.1) is 0 Å². The van der Waals surface area contributed by atoms with Gasteiger partial charge in [-0.25, -0.2) is 4.98 Å². The van der Waals surface area contributed by atoms with E-state index in [0.29, 0.717) is 0 Å². The number of nitrogen functional groups attached to an aromatic ring is 1. The highest BCUT2D eigenvalue weighted by Gasteiger charge is 2.32. The van der Waals surface area contributed by atoms with Crippen LogP contribution in [-0.2, 0) is 12.8 Å². The zero-order chi connectivity index (χ0) is 17.5. The molecule has 0 spiro atoms. The van der Waals surface area contributed by atoms with Crippen molar-refractivity contribution in [3.8, 4) is 17.0 Å². The number of hydrogen-bond acceptors (Lipinski definition) is 4. The maximum absolute atomic E-state index is 6.48. The molecular formula is C22H27N3O. The predicted octanol–water partition coefficient (Wildman–Crippen LogP) is 3.83. The summed E-state index contributed by atoms with van der Waals surface area (Å²) in [6.45, 7) is 2.32. The van der Waals surface area contributed by atoms with Crippen molar-refractivity contribution in [1.29, 1.82) is 0 Å². The van der Waals surface area contributed by atoms with Crippen molar-refractivity contribution in [3.63, 3.8) is 0 Å². The molecule has 2 N–H and O–H groups in total. The molecule has 4 heteroatoms. The summed E-state index contributed by atoms with van der Waals surface area (Å²) in [5, 5.41) is 0. The second-order valence-corrected chi connectivity index (χ2v) is 7.99. The monoisotopic (exact) mass is 349 g/mol. The van der Waals surface area contributed by atoms with Gasteiger partial charge in [-0.3, -0.25) is 0 Å². The molecule has 2 heterocycles. The van der Waals surface area contributed by atoms with Crippen LogP contribution in [0.1, 0.15) is 43.2 Å². The van der Waals surface area contributed by atoms with E-state index in [1.165, 1.54) is 30.4 Å². The third-order valence-electron chi connectivity index (χ3n) is 6.20. The highest BCUT2D eigenvalue weighted by Crippen LogP contribution is 2.36. The van der Waals surface area contributed by atoms with E-state index in [-0.39, 0.29) is 6.10 Å². The number of rotatable bonds is 4. The second-order valence-electron chi connectivity index (χ2n) is 7.99. The highest BCUT2D eigenvalue weighted by molar-refractivity contribution is 5.80. The van der Waals surface area contributed by atoms with Crippen LogP contribution in [-0.4, -0.2) is 35.1 Å². The van der Waals surface area contributed by atoms with Gasteiger partial charge in [0.2, 0.25) is 5.88 Å². The number of ether oxygens (including phenoxy) is 1. The van der Waals surface area contributed by atoms with E-state index in [9.17, 15) is 0 Å². The summed E-state index contributed by atoms with van der Waals surface area (Å²) in [5.41, 5.74) is 12.4. The Morgan fingerprint density at radius 1 is 1.04 bits per heavy atom. The molecule has 1 aromatic heterocycles. The molecule has 2 aromatic rings. The molecule has 2 aliphatic carbocycles. The van der Waals surface area contributed by atoms with E-state index in [1.807, 2.05) is 12.3 Å². The van der Waals surface area contributed by atoms with Crippen LogP contribution in [0.15, 0.2) is 30.5 Å². The normalized spacial score (nSPS) is 20.9. The Kier molecular flexibility index (Phi) is 4.08. The van der Waals surface area contributed by atoms with Gasteiger partial charge in [-0.2, -0.15) is 0 Å². The maximum atomic E-state index is 6.48. The van der Waals surface area contributed by atoms with Gasteiger partial charge in [-0.1, -0.05) is 12.1 Å². The van der Waals surface area contributed by atoms with E-state index in [4.69, 9.17) is 10.5 Å². The summed E-state index contributed by atoms with van der Waals surface area (Å²) in [5.74, 6) is 0.729. The molecule has 0 amide bonds. The molecule has 1 aliphatic heterocycles. The number of aromatic nitrogens is 1. The minimum absolute atomic E-state index is 0.283. The van der Waals surface area contributed by atoms with Gasteiger partial charge >= 0.3 is 0 Å². The zero-order valence-corrected chi connectivity index (χ0v) is 15.3. The first-order valence-corrected chi connectivity index (χ1v) is 10.1. The number of pyridine rings is 1. The van der Waals surface area contributed by atoms with Crippen molar-refractivity contribution in [3.05, 3.63) is 41.6 Å². The number of anilines is 1. The lowest BCUT2D eigenvalue weighted by Gasteiger charge is -2.31. The van der Waals surface area contributed by atoms with Gasteiger partial charge in [0.15, 0.2) is 0 Å². The fraction of sp³-hybridized carbons (Fsp3) is 0.500. The number of nitrogens with two attached hydrogens (primary N) is 1. The minimum Gasteiger partial charge on any atom is -0.474 e. The van der Waals surface area contributed by atoms with Crippen molar-refractivity contribution in [1.82, 2.24) is 9.88 Å². The first kappa shape index (κ1) is 16.1. The van der Waals surface area contributed by atoms with Crippen molar-refractivity contribution in [2.24, 2.45) is 0 Å². The topological polar surface area (TPSA) is 51.4 Å². The van der Waals surface area contributed by atoms with E-state index >= 15 is 0 Å². The summed E-state index contributed by atoms with van der Waals surface area (Å²) >= 11 is 0. The fourth-order valence-corrected chi connectivity index (χ4v) is 4.56. The van der Waals surface area contributed by atoms with Gasteiger partial charge in [0.25, 0.3) is 0 Å². The molecular weight excluding hydrogens is 322 g/mol. The van der Waals surface area contributed by atoms with Crippen LogP contribution in [0.4, 0.5) is 5.69 Å². The van der Waals surface area contributed by atoms with Gasteiger partial charge in [0.1, 0.15) is 6.10 Å². The molecule has 2 fully saturated rings. The number of nitrogens with zero attached hydrogens (tertiary/aromatic N) is 2. The number of aryl methyl sites for hydroxylation is 1. The van der Waals surface area contributed by atoms with E-state index < -0.39 is 0 Å². The number of likely N-dealkylation sites (tertiary alicyclic amines) is 1. The third kappa shape index (κ3) is 3.07. The van der Waals surface area contributed by atoms with Gasteiger partial charge in [0, 0.05) is 42.6 Å². The minimum atomic E-state index is 0.283. The fourth-order valence-electron chi connectivity index (χ4n) is 4.56. The molecule has 1 saturated heterocycles. The van der Waals surface area contributed by atoms with Crippen LogP contribution in [0, 0.1) is 0 Å². The third-order valence-corrected chi connectivity index (χ3v) is 6.20. The van der Waals surface area contributed by atoms with Crippen LogP contribution in [0.25, 0.3) is 11.1 Å². The molecule has 0 unspecified atom stereocenters. The molecule has 4 nitrogen and oxygen atoms in total. The van der Waals surface area contributed by atoms with Crippen LogP contribution in [0.2, 0.25) is 0 Å². The zero-order valence-electron chi connectivity index (χ0n) is 15.3. The van der Waals surface area contributed by atoms with E-state index in [1.54, 1.807) is 0 Å². The van der Waals surface area contributed by atoms with Crippen molar-refractivity contribution >= 4 is 5.69 Å². The van der Waals surface area contributed by atoms with Crippen molar-refractivity contribution in [2.75, 3.05) is 18.8 Å². The Morgan fingerprint density at radius 2 is 1.88 bits per heavy atom. The van der Waals surface area contributed by atoms with E-state index in [0.717, 1.165) is 67.5 Å². The lowest BCUT2D eigenvalue weighted by molar-refractivity contribution is 0.0930. The molecule has 1 aromatic carbocycles. The SMILES string of the molecule is Nc1c(-c2ccnc(OC3CCN(C4CC4)CC3)c2)ccc2c1CCC2. The van der Waals surface area contributed by atoms with Crippen LogP contribution < -0.4 is 10.5 Å². The Labute approximate surface area is 155 Å². The van der Waals surface area contributed by atoms with Gasteiger partial charge in [0.05, 0.1) is 0 Å². The van der Waals surface area contributed by atoms with Crippen molar-refractivity contribution < 1.29 is 4.74 Å². The standard InChI is InChI=1S/C22H27N3O/c23-22-19-3-1-2-15(19)4-7-20(22)16-8-11-24-21(14-16)26-18-9-12-25(13-10-18)17-5-6-17/h4,7-8,11,14,17-18H,1-3,5-6,9-10,12-13,23H2. The largest absolute Gasteiger partial charge is 0.474 e. The van der Waals surface area contributed by atoms with E-state index in [2.05, 4.69) is 28.1 Å². The maximum Gasteiger partial charge on any atom is 0.214 e. The van der Waals surface area contributed by atoms with Gasteiger partial charge in [-0.05, 0) is 67.7 Å². The van der Waals surface area contributed by atoms with Crippen LogP contribution in [0.5, 0.6) is 5.88 Å². The molecule has 0 atom stereocenters. The first-order chi connectivity index (χ1) is 12.8. The summed E-state index contributed by atoms with van der Waals surface area (Å²) in [7, 11) is 0. The molecule has 1 saturated carbocycles. The smallest absolute Gasteiger partial charge is 0.214 e. The average molecular weight is 349 g/mol. The quantitative estimate of drug-likeness (QED) is 0.853. The van der Waals surface area contributed by atoms with Gasteiger partial charge < -0.3 is 15.4 Å². The van der Waals surface area contributed by atoms with Crippen LogP contribution >= 0.6 is 0 Å². The molecule has 5 rings (SSSR count). The molecule has 0 bridgehead atoms. The van der Waals surface area contributed by atoms with Crippen LogP contribution in [0.3, 0.4) is 0 Å². The lowest BCUT2D eigenvalue weighted by atomic mass is 9.98. The average Bonchev–Trinajstić information content (AvgIpc) is 3.40. The first-order valence-electron chi connectivity index (χ1n) is 10.1. The Bertz CT molecular complexity index is 807. The Morgan fingerprint density at radius 3 is 2.69 bits per heavy atom. The molecule has 136 valence electrons. The molecule has 3 aliphatic rings. The Balaban J connectivity index is 1.32. The van der Waals surface area contributed by atoms with Crippen molar-refractivity contribution in [2.45, 2.75) is 57.1 Å². The summed E-state index contributed by atoms with van der Waals surface area (Å²) in [4.78, 5) is 7.07.